The van der Waals surface area contributed by atoms with E-state index in [0.717, 1.165) is 17.4 Å². The van der Waals surface area contributed by atoms with Gasteiger partial charge in [-0.3, -0.25) is 4.79 Å². The Balaban J connectivity index is 2.65. The number of benzene rings is 1. The largest absolute Gasteiger partial charge is 0.368 e. The van der Waals surface area contributed by atoms with Crippen LogP contribution >= 0.6 is 11.8 Å². The number of hydrogen-bond acceptors (Lipinski definition) is 5. The molecule has 0 aliphatic carbocycles. The third-order valence-electron chi connectivity index (χ3n) is 2.56. The van der Waals surface area contributed by atoms with Crippen molar-refractivity contribution in [1.29, 1.82) is 0 Å². The van der Waals surface area contributed by atoms with Gasteiger partial charge in [0.25, 0.3) is 0 Å². The van der Waals surface area contributed by atoms with Crippen LogP contribution in [0.4, 0.5) is 5.95 Å². The quantitative estimate of drug-likeness (QED) is 0.521. The summed E-state index contributed by atoms with van der Waals surface area (Å²) in [5.74, 6) is 0.181. The van der Waals surface area contributed by atoms with Crippen LogP contribution in [0.15, 0.2) is 29.3 Å². The summed E-state index contributed by atoms with van der Waals surface area (Å²) in [5.41, 5.74) is 8.77. The first-order chi connectivity index (χ1) is 8.65. The molecular weight excluding hydrogens is 246 g/mol. The number of anilines is 1. The second-order valence-electron chi connectivity index (χ2n) is 3.84. The molecule has 0 fully saturated rings. The zero-order valence-electron chi connectivity index (χ0n) is 10.2. The smallest absolute Gasteiger partial charge is 0.221 e. The summed E-state index contributed by atoms with van der Waals surface area (Å²) in [6.07, 6.45) is 2.63. The number of nitrogens with two attached hydrogens (primary N) is 1. The molecule has 2 N–H and O–H groups in total. The van der Waals surface area contributed by atoms with Gasteiger partial charge < -0.3 is 5.73 Å². The van der Waals surface area contributed by atoms with Crippen LogP contribution in [0, 0.1) is 6.92 Å². The fourth-order valence-electron chi connectivity index (χ4n) is 1.66. The molecule has 0 bridgehead atoms. The van der Waals surface area contributed by atoms with Crippen LogP contribution < -0.4 is 5.73 Å². The van der Waals surface area contributed by atoms with E-state index in [9.17, 15) is 4.79 Å². The van der Waals surface area contributed by atoms with Gasteiger partial charge in [0.05, 0.1) is 11.3 Å². The van der Waals surface area contributed by atoms with Gasteiger partial charge >= 0.3 is 0 Å². The lowest BCUT2D eigenvalue weighted by Gasteiger charge is -2.08. The summed E-state index contributed by atoms with van der Waals surface area (Å²) in [7, 11) is 0. The van der Waals surface area contributed by atoms with Crippen LogP contribution in [-0.2, 0) is 0 Å². The van der Waals surface area contributed by atoms with Gasteiger partial charge in [-0.15, -0.1) is 11.8 Å². The van der Waals surface area contributed by atoms with E-state index in [0.29, 0.717) is 16.3 Å². The summed E-state index contributed by atoms with van der Waals surface area (Å²) >= 11 is 1.38. The lowest BCUT2D eigenvalue weighted by Crippen LogP contribution is -2.03. The van der Waals surface area contributed by atoms with Crippen molar-refractivity contribution in [2.24, 2.45) is 0 Å². The van der Waals surface area contributed by atoms with Crippen LogP contribution in [0.2, 0.25) is 0 Å². The van der Waals surface area contributed by atoms with Gasteiger partial charge in [0.15, 0.2) is 6.29 Å². The molecule has 0 unspecified atom stereocenters. The maximum absolute atomic E-state index is 11.2. The van der Waals surface area contributed by atoms with Crippen molar-refractivity contribution < 1.29 is 4.79 Å². The fraction of sp³-hybridized carbons (Fsp3) is 0.154. The molecule has 2 rings (SSSR count). The van der Waals surface area contributed by atoms with Crippen molar-refractivity contribution in [3.05, 3.63) is 35.4 Å². The Morgan fingerprint density at radius 3 is 2.44 bits per heavy atom. The van der Waals surface area contributed by atoms with E-state index in [-0.39, 0.29) is 5.95 Å². The highest BCUT2D eigenvalue weighted by atomic mass is 32.2. The van der Waals surface area contributed by atoms with Gasteiger partial charge in [-0.2, -0.15) is 0 Å². The number of hydrogen-bond donors (Lipinski definition) is 1. The molecule has 5 heteroatoms. The number of nitrogen functional groups attached to an aromatic ring is 1. The lowest BCUT2D eigenvalue weighted by atomic mass is 10.1. The number of carbonyl (C=O) groups excluding carboxylic acids is 1. The molecule has 1 aromatic heterocycles. The summed E-state index contributed by atoms with van der Waals surface area (Å²) in [6, 6.07) is 7.80. The van der Waals surface area contributed by atoms with Crippen molar-refractivity contribution in [2.75, 3.05) is 12.0 Å². The Kier molecular flexibility index (Phi) is 3.62. The molecule has 0 radical (unpaired) electrons. The first kappa shape index (κ1) is 12.6. The monoisotopic (exact) mass is 259 g/mol. The molecule has 0 atom stereocenters. The van der Waals surface area contributed by atoms with Crippen LogP contribution in [0.3, 0.4) is 0 Å². The highest BCUT2D eigenvalue weighted by Gasteiger charge is 2.13. The molecule has 0 spiro atoms. The normalized spacial score (nSPS) is 10.3. The average molecular weight is 259 g/mol. The summed E-state index contributed by atoms with van der Waals surface area (Å²) < 4.78 is 0. The van der Waals surface area contributed by atoms with E-state index in [2.05, 4.69) is 9.97 Å². The number of aryl methyl sites for hydroxylation is 1. The Morgan fingerprint density at radius 1 is 1.22 bits per heavy atom. The lowest BCUT2D eigenvalue weighted by molar-refractivity contribution is 0.112. The highest BCUT2D eigenvalue weighted by molar-refractivity contribution is 7.98. The Morgan fingerprint density at radius 2 is 1.89 bits per heavy atom. The van der Waals surface area contributed by atoms with Crippen molar-refractivity contribution in [3.63, 3.8) is 0 Å². The topological polar surface area (TPSA) is 68.9 Å². The van der Waals surface area contributed by atoms with E-state index in [4.69, 9.17) is 5.73 Å². The van der Waals surface area contributed by atoms with E-state index in [1.54, 1.807) is 0 Å². The first-order valence-corrected chi connectivity index (χ1v) is 6.62. The molecule has 0 saturated heterocycles. The van der Waals surface area contributed by atoms with Gasteiger partial charge in [-0.05, 0) is 13.2 Å². The van der Waals surface area contributed by atoms with Crippen molar-refractivity contribution in [1.82, 2.24) is 9.97 Å². The van der Waals surface area contributed by atoms with Gasteiger partial charge in [-0.1, -0.05) is 29.8 Å². The second-order valence-corrected chi connectivity index (χ2v) is 4.63. The molecule has 0 saturated carbocycles. The first-order valence-electron chi connectivity index (χ1n) is 5.39. The molecule has 92 valence electrons. The zero-order chi connectivity index (χ0) is 13.1. The van der Waals surface area contributed by atoms with E-state index >= 15 is 0 Å². The minimum absolute atomic E-state index is 0.181. The van der Waals surface area contributed by atoms with Crippen LogP contribution in [0.25, 0.3) is 11.3 Å². The molecule has 18 heavy (non-hydrogen) atoms. The fourth-order valence-corrected chi connectivity index (χ4v) is 2.21. The van der Waals surface area contributed by atoms with E-state index < -0.39 is 0 Å². The van der Waals surface area contributed by atoms with Gasteiger partial charge in [0.2, 0.25) is 5.95 Å². The van der Waals surface area contributed by atoms with Crippen molar-refractivity contribution in [2.45, 2.75) is 11.9 Å². The highest BCUT2D eigenvalue weighted by Crippen LogP contribution is 2.27. The standard InChI is InChI=1S/C13H13N3OS/c1-8-3-5-9(6-4-8)11-10(7-17)12(18-2)16-13(14)15-11/h3-7H,1-2H3,(H2,14,15,16). The van der Waals surface area contributed by atoms with Gasteiger partial charge in [0.1, 0.15) is 5.03 Å². The predicted molar refractivity (Wildman–Crippen MR) is 73.8 cm³/mol. The predicted octanol–water partition coefficient (Wildman–Crippen LogP) is 2.57. The number of aldehydes is 1. The van der Waals surface area contributed by atoms with E-state index in [1.165, 1.54) is 11.8 Å². The van der Waals surface area contributed by atoms with Gasteiger partial charge in [0, 0.05) is 5.56 Å². The maximum atomic E-state index is 11.2. The van der Waals surface area contributed by atoms with Crippen LogP contribution in [-0.4, -0.2) is 22.5 Å². The van der Waals surface area contributed by atoms with Crippen LogP contribution in [0.1, 0.15) is 15.9 Å². The minimum Gasteiger partial charge on any atom is -0.368 e. The molecule has 0 aliphatic heterocycles. The summed E-state index contributed by atoms with van der Waals surface area (Å²) in [5, 5.41) is 0.605. The SMILES string of the molecule is CSc1nc(N)nc(-c2ccc(C)cc2)c1C=O. The molecule has 2 aromatic rings. The molecule has 1 aromatic carbocycles. The minimum atomic E-state index is 0.181. The third-order valence-corrected chi connectivity index (χ3v) is 3.26. The number of rotatable bonds is 3. The number of nitrogens with zero attached hydrogens (tertiary/aromatic N) is 2. The Hall–Kier alpha value is -1.88. The number of thioether (sulfide) groups is 1. The van der Waals surface area contributed by atoms with Gasteiger partial charge in [-0.25, -0.2) is 9.97 Å². The molecular formula is C13H13N3OS. The number of carbonyl (C=O) groups is 1. The molecule has 0 amide bonds. The number of aromatic nitrogens is 2. The van der Waals surface area contributed by atoms with E-state index in [1.807, 2.05) is 37.4 Å². The molecule has 1 heterocycles. The zero-order valence-corrected chi connectivity index (χ0v) is 11.0. The maximum Gasteiger partial charge on any atom is 0.221 e. The van der Waals surface area contributed by atoms with Crippen molar-refractivity contribution in [3.8, 4) is 11.3 Å². The third kappa shape index (κ3) is 2.36. The van der Waals surface area contributed by atoms with Crippen LogP contribution in [0.5, 0.6) is 0 Å². The summed E-state index contributed by atoms with van der Waals surface area (Å²) in [6.45, 7) is 2.01. The Labute approximate surface area is 110 Å². The molecule has 4 nitrogen and oxygen atoms in total. The molecule has 0 aliphatic rings. The Bertz CT molecular complexity index is 582. The second kappa shape index (κ2) is 5.18. The van der Waals surface area contributed by atoms with Crippen molar-refractivity contribution >= 4 is 24.0 Å². The summed E-state index contributed by atoms with van der Waals surface area (Å²) in [4.78, 5) is 19.5. The average Bonchev–Trinajstić information content (AvgIpc) is 2.38.